The number of hydrazine groups is 1. The average molecular weight is 447 g/mol. The molecule has 3 rings (SSSR count). The zero-order valence-corrected chi connectivity index (χ0v) is 17.0. The van der Waals surface area contributed by atoms with Crippen molar-refractivity contribution in [1.29, 1.82) is 0 Å². The first-order valence-corrected chi connectivity index (χ1v) is 9.92. The van der Waals surface area contributed by atoms with Crippen molar-refractivity contribution in [3.05, 3.63) is 76.2 Å². The summed E-state index contributed by atoms with van der Waals surface area (Å²) in [5, 5.41) is 0. The molecule has 154 valence electrons. The van der Waals surface area contributed by atoms with Gasteiger partial charge in [0.15, 0.2) is 0 Å². The molecule has 1 fully saturated rings. The van der Waals surface area contributed by atoms with E-state index in [0.29, 0.717) is 0 Å². The van der Waals surface area contributed by atoms with E-state index in [0.717, 1.165) is 23.9 Å². The fourth-order valence-electron chi connectivity index (χ4n) is 2.50. The van der Waals surface area contributed by atoms with Crippen molar-refractivity contribution in [2.45, 2.75) is 6.42 Å². The van der Waals surface area contributed by atoms with Crippen LogP contribution in [0.2, 0.25) is 0 Å². The minimum atomic E-state index is -0.609. The van der Waals surface area contributed by atoms with E-state index in [4.69, 9.17) is 12.2 Å². The molecule has 0 spiro atoms. The number of thioether (sulfide) groups is 1. The highest BCUT2D eigenvalue weighted by atomic mass is 32.2. The number of hydrogen-bond donors (Lipinski definition) is 2. The second-order valence-electron chi connectivity index (χ2n) is 6.11. The lowest BCUT2D eigenvalue weighted by molar-refractivity contribution is -0.124. The van der Waals surface area contributed by atoms with Gasteiger partial charge in [0.25, 0.3) is 11.8 Å². The zero-order chi connectivity index (χ0) is 21.7. The van der Waals surface area contributed by atoms with Crippen molar-refractivity contribution >= 4 is 52.1 Å². The second-order valence-corrected chi connectivity index (χ2v) is 7.79. The van der Waals surface area contributed by atoms with E-state index in [1.165, 1.54) is 29.2 Å². The first kappa shape index (κ1) is 21.6. The number of benzene rings is 2. The Morgan fingerprint density at radius 1 is 1.07 bits per heavy atom. The third kappa shape index (κ3) is 5.28. The lowest BCUT2D eigenvalue weighted by Crippen LogP contribution is -2.43. The van der Waals surface area contributed by atoms with Crippen LogP contribution in [-0.2, 0) is 9.59 Å². The Morgan fingerprint density at radius 2 is 1.77 bits per heavy atom. The molecule has 0 aromatic heterocycles. The van der Waals surface area contributed by atoms with Gasteiger partial charge in [0, 0.05) is 24.1 Å². The molecule has 1 aliphatic rings. The number of amides is 3. The van der Waals surface area contributed by atoms with E-state index in [9.17, 15) is 23.2 Å². The van der Waals surface area contributed by atoms with Gasteiger partial charge in [-0.15, -0.1) is 0 Å². The number of carbonyl (C=O) groups excluding carboxylic acids is 3. The second kappa shape index (κ2) is 9.59. The van der Waals surface area contributed by atoms with Crippen molar-refractivity contribution < 1.29 is 23.2 Å². The molecule has 2 aromatic rings. The molecule has 30 heavy (non-hydrogen) atoms. The molecule has 6 nitrogen and oxygen atoms in total. The molecule has 1 heterocycles. The monoisotopic (exact) mass is 447 g/mol. The Morgan fingerprint density at radius 3 is 2.47 bits per heavy atom. The zero-order valence-electron chi connectivity index (χ0n) is 15.4. The Hall–Kier alpha value is -3.11. The maximum absolute atomic E-state index is 13.8. The SMILES string of the molecule is O=C(CCN1C(=O)C(=Cc2ccccc2F)SC1=S)NNC(=O)c1ccc(F)cc1. The van der Waals surface area contributed by atoms with Crippen molar-refractivity contribution in [2.75, 3.05) is 6.54 Å². The van der Waals surface area contributed by atoms with E-state index in [1.807, 2.05) is 0 Å². The number of rotatable bonds is 5. The summed E-state index contributed by atoms with van der Waals surface area (Å²) < 4.78 is 26.9. The van der Waals surface area contributed by atoms with Gasteiger partial charge in [-0.3, -0.25) is 30.1 Å². The number of halogens is 2. The van der Waals surface area contributed by atoms with Gasteiger partial charge in [0.2, 0.25) is 5.91 Å². The molecule has 0 aliphatic carbocycles. The molecular formula is C20H15F2N3O3S2. The third-order valence-corrected chi connectivity index (χ3v) is 5.43. The van der Waals surface area contributed by atoms with Crippen molar-refractivity contribution in [3.63, 3.8) is 0 Å². The quantitative estimate of drug-likeness (QED) is 0.419. The third-order valence-electron chi connectivity index (χ3n) is 4.05. The lowest BCUT2D eigenvalue weighted by Gasteiger charge is -2.14. The van der Waals surface area contributed by atoms with Crippen LogP contribution < -0.4 is 10.9 Å². The summed E-state index contributed by atoms with van der Waals surface area (Å²) in [5.41, 5.74) is 4.87. The highest BCUT2D eigenvalue weighted by Gasteiger charge is 2.32. The molecule has 2 N–H and O–H groups in total. The first-order valence-electron chi connectivity index (χ1n) is 8.70. The predicted octanol–water partition coefficient (Wildman–Crippen LogP) is 3.02. The maximum atomic E-state index is 13.8. The molecular weight excluding hydrogens is 432 g/mol. The summed E-state index contributed by atoms with van der Waals surface area (Å²) >= 11 is 6.20. The topological polar surface area (TPSA) is 78.5 Å². The average Bonchev–Trinajstić information content (AvgIpc) is 2.99. The van der Waals surface area contributed by atoms with Gasteiger partial charge < -0.3 is 0 Å². The Balaban J connectivity index is 1.52. The lowest BCUT2D eigenvalue weighted by atomic mass is 10.2. The number of thiocarbonyl (C=S) groups is 1. The van der Waals surface area contributed by atoms with Crippen LogP contribution in [0.25, 0.3) is 6.08 Å². The van der Waals surface area contributed by atoms with Crippen LogP contribution in [0.5, 0.6) is 0 Å². The summed E-state index contributed by atoms with van der Waals surface area (Å²) in [4.78, 5) is 37.9. The fraction of sp³-hybridized carbons (Fsp3) is 0.100. The van der Waals surface area contributed by atoms with Crippen molar-refractivity contribution in [2.24, 2.45) is 0 Å². The van der Waals surface area contributed by atoms with Gasteiger partial charge in [-0.05, 0) is 36.4 Å². The predicted molar refractivity (Wildman–Crippen MR) is 113 cm³/mol. The van der Waals surface area contributed by atoms with Crippen molar-refractivity contribution in [3.8, 4) is 0 Å². The Kier molecular flexibility index (Phi) is 6.91. The molecule has 10 heteroatoms. The van der Waals surface area contributed by atoms with E-state index in [1.54, 1.807) is 18.2 Å². The van der Waals surface area contributed by atoms with Crippen LogP contribution in [0.4, 0.5) is 8.78 Å². The van der Waals surface area contributed by atoms with E-state index in [2.05, 4.69) is 10.9 Å². The largest absolute Gasteiger partial charge is 0.292 e. The molecule has 1 aliphatic heterocycles. The van der Waals surface area contributed by atoms with Crippen LogP contribution in [-0.4, -0.2) is 33.5 Å². The normalized spacial score (nSPS) is 14.9. The van der Waals surface area contributed by atoms with Gasteiger partial charge >= 0.3 is 0 Å². The summed E-state index contributed by atoms with van der Waals surface area (Å²) in [6.07, 6.45) is 1.29. The van der Waals surface area contributed by atoms with Gasteiger partial charge in [-0.2, -0.15) is 0 Å². The molecule has 2 aromatic carbocycles. The molecule has 0 saturated carbocycles. The van der Waals surface area contributed by atoms with Crippen molar-refractivity contribution in [1.82, 2.24) is 15.8 Å². The van der Waals surface area contributed by atoms with E-state index >= 15 is 0 Å². The Labute approximate surface area is 180 Å². The summed E-state index contributed by atoms with van der Waals surface area (Å²) in [6, 6.07) is 10.8. The van der Waals surface area contributed by atoms with E-state index < -0.39 is 29.4 Å². The molecule has 1 saturated heterocycles. The summed E-state index contributed by atoms with van der Waals surface area (Å²) in [6.45, 7) is -0.00245. The molecule has 3 amide bonds. The fourth-order valence-corrected chi connectivity index (χ4v) is 3.80. The number of nitrogens with one attached hydrogen (secondary N) is 2. The van der Waals surface area contributed by atoms with Crippen LogP contribution in [0.3, 0.4) is 0 Å². The van der Waals surface area contributed by atoms with Gasteiger partial charge in [0.05, 0.1) is 4.91 Å². The first-order chi connectivity index (χ1) is 14.3. The Bertz CT molecular complexity index is 1040. The van der Waals surface area contributed by atoms with Crippen LogP contribution in [0, 0.1) is 11.6 Å². The molecule has 0 atom stereocenters. The number of nitrogens with zero attached hydrogens (tertiary/aromatic N) is 1. The maximum Gasteiger partial charge on any atom is 0.269 e. The smallest absolute Gasteiger partial charge is 0.269 e. The summed E-state index contributed by atoms with van der Waals surface area (Å²) in [5.74, 6) is -2.52. The molecule has 0 bridgehead atoms. The van der Waals surface area contributed by atoms with Gasteiger partial charge in [0.1, 0.15) is 16.0 Å². The summed E-state index contributed by atoms with van der Waals surface area (Å²) in [7, 11) is 0. The minimum Gasteiger partial charge on any atom is -0.292 e. The minimum absolute atomic E-state index is 0.00245. The van der Waals surface area contributed by atoms with Crippen LogP contribution in [0.15, 0.2) is 53.4 Å². The van der Waals surface area contributed by atoms with E-state index in [-0.39, 0.29) is 33.3 Å². The highest BCUT2D eigenvalue weighted by Crippen LogP contribution is 2.32. The highest BCUT2D eigenvalue weighted by molar-refractivity contribution is 8.26. The molecule has 0 radical (unpaired) electrons. The number of hydrogen-bond acceptors (Lipinski definition) is 5. The van der Waals surface area contributed by atoms with Gasteiger partial charge in [-0.25, -0.2) is 8.78 Å². The van der Waals surface area contributed by atoms with Gasteiger partial charge in [-0.1, -0.05) is 42.2 Å². The standard InChI is InChI=1S/C20H15F2N3O3S2/c21-14-7-5-12(6-8-14)18(27)24-23-17(26)9-10-25-19(28)16(30-20(25)29)11-13-3-1-2-4-15(13)22/h1-8,11H,9-10H2,(H,23,26)(H,24,27). The number of carbonyl (C=O) groups is 3. The van der Waals surface area contributed by atoms with Crippen LogP contribution >= 0.6 is 24.0 Å². The molecule has 0 unspecified atom stereocenters. The van der Waals surface area contributed by atoms with Crippen LogP contribution in [0.1, 0.15) is 22.3 Å².